The number of carbonyl (C=O) groups excluding carboxylic acids is 2. The lowest BCUT2D eigenvalue weighted by molar-refractivity contribution is -0.131. The maximum absolute atomic E-state index is 12.7. The number of hydrogen-bond donors (Lipinski definition) is 1. The highest BCUT2D eigenvalue weighted by Gasteiger charge is 2.35. The zero-order valence-electron chi connectivity index (χ0n) is 11.1. The molecule has 106 valence electrons. The quantitative estimate of drug-likeness (QED) is 0.799. The minimum atomic E-state index is -0.622. The monoisotopic (exact) mass is 392 g/mol. The summed E-state index contributed by atoms with van der Waals surface area (Å²) in [6, 6.07) is 16.3. The Morgan fingerprint density at radius 3 is 2.38 bits per heavy atom. The Bertz CT molecular complexity index is 688. The van der Waals surface area contributed by atoms with Gasteiger partial charge in [-0.3, -0.25) is 14.5 Å². The van der Waals surface area contributed by atoms with Crippen LogP contribution < -0.4 is 10.2 Å². The van der Waals surface area contributed by atoms with E-state index in [9.17, 15) is 9.59 Å². The molecule has 3 rings (SSSR count). The van der Waals surface area contributed by atoms with E-state index < -0.39 is 6.04 Å². The zero-order chi connectivity index (χ0) is 14.8. The lowest BCUT2D eigenvalue weighted by Gasteiger charge is -2.33. The van der Waals surface area contributed by atoms with Gasteiger partial charge in [0, 0.05) is 3.57 Å². The van der Waals surface area contributed by atoms with Gasteiger partial charge in [0.15, 0.2) is 0 Å². The number of amides is 2. The summed E-state index contributed by atoms with van der Waals surface area (Å²) in [4.78, 5) is 26.3. The number of hydrogen-bond acceptors (Lipinski definition) is 2. The molecular weight excluding hydrogens is 379 g/mol. The molecular formula is C16H13IN2O2. The standard InChI is InChI=1S/C16H13IN2O2/c17-12-8-4-5-9-13(12)19-10-14(20)18-15(16(19)21)11-6-2-1-3-7-11/h1-9,15H,10H2,(H,18,20). The van der Waals surface area contributed by atoms with E-state index in [-0.39, 0.29) is 18.4 Å². The fourth-order valence-electron chi connectivity index (χ4n) is 2.39. The highest BCUT2D eigenvalue weighted by molar-refractivity contribution is 14.1. The fourth-order valence-corrected chi connectivity index (χ4v) is 3.07. The van der Waals surface area contributed by atoms with Crippen LogP contribution >= 0.6 is 22.6 Å². The maximum Gasteiger partial charge on any atom is 0.254 e. The van der Waals surface area contributed by atoms with Crippen molar-refractivity contribution in [3.05, 3.63) is 63.7 Å². The Kier molecular flexibility index (Phi) is 3.92. The lowest BCUT2D eigenvalue weighted by Crippen LogP contribution is -2.53. The van der Waals surface area contributed by atoms with E-state index in [4.69, 9.17) is 0 Å². The number of rotatable bonds is 2. The Labute approximate surface area is 136 Å². The van der Waals surface area contributed by atoms with Gasteiger partial charge in [-0.2, -0.15) is 0 Å². The van der Waals surface area contributed by atoms with Gasteiger partial charge in [0.1, 0.15) is 12.6 Å². The third-order valence-corrected chi connectivity index (χ3v) is 4.31. The van der Waals surface area contributed by atoms with Crippen molar-refractivity contribution < 1.29 is 9.59 Å². The van der Waals surface area contributed by atoms with Gasteiger partial charge >= 0.3 is 0 Å². The smallest absolute Gasteiger partial charge is 0.254 e. The van der Waals surface area contributed by atoms with Crippen LogP contribution in [-0.2, 0) is 9.59 Å². The normalized spacial score (nSPS) is 18.5. The number of carbonyl (C=O) groups is 2. The minimum absolute atomic E-state index is 0.0577. The average molecular weight is 392 g/mol. The molecule has 21 heavy (non-hydrogen) atoms. The SMILES string of the molecule is O=C1CN(c2ccccc2I)C(=O)C(c2ccccc2)N1. The van der Waals surface area contributed by atoms with E-state index in [0.29, 0.717) is 0 Å². The van der Waals surface area contributed by atoms with Gasteiger partial charge in [-0.05, 0) is 40.3 Å². The number of nitrogens with zero attached hydrogens (tertiary/aromatic N) is 1. The number of halogens is 1. The van der Waals surface area contributed by atoms with Gasteiger partial charge in [-0.1, -0.05) is 42.5 Å². The number of anilines is 1. The first kappa shape index (κ1) is 14.1. The highest BCUT2D eigenvalue weighted by atomic mass is 127. The molecule has 1 N–H and O–H groups in total. The molecule has 2 amide bonds. The van der Waals surface area contributed by atoms with E-state index in [2.05, 4.69) is 27.9 Å². The third-order valence-electron chi connectivity index (χ3n) is 3.40. The van der Waals surface area contributed by atoms with Crippen molar-refractivity contribution in [2.24, 2.45) is 0 Å². The maximum atomic E-state index is 12.7. The topological polar surface area (TPSA) is 49.4 Å². The van der Waals surface area contributed by atoms with Crippen LogP contribution in [0.4, 0.5) is 5.69 Å². The molecule has 1 aliphatic rings. The van der Waals surface area contributed by atoms with Gasteiger partial charge in [0.2, 0.25) is 5.91 Å². The predicted molar refractivity (Wildman–Crippen MR) is 88.8 cm³/mol. The Balaban J connectivity index is 1.98. The zero-order valence-corrected chi connectivity index (χ0v) is 13.3. The van der Waals surface area contributed by atoms with Crippen molar-refractivity contribution in [2.75, 3.05) is 11.4 Å². The average Bonchev–Trinajstić information content (AvgIpc) is 2.51. The van der Waals surface area contributed by atoms with Crippen LogP contribution in [0.3, 0.4) is 0 Å². The molecule has 0 spiro atoms. The summed E-state index contributed by atoms with van der Waals surface area (Å²) in [6.45, 7) is 0.0577. The highest BCUT2D eigenvalue weighted by Crippen LogP contribution is 2.27. The Morgan fingerprint density at radius 1 is 1.00 bits per heavy atom. The second-order valence-corrected chi connectivity index (χ2v) is 5.95. The van der Waals surface area contributed by atoms with Crippen molar-refractivity contribution in [1.82, 2.24) is 5.32 Å². The van der Waals surface area contributed by atoms with Crippen LogP contribution in [0.25, 0.3) is 0 Å². The van der Waals surface area contributed by atoms with Gasteiger partial charge in [-0.15, -0.1) is 0 Å². The molecule has 1 heterocycles. The largest absolute Gasteiger partial charge is 0.339 e. The fraction of sp³-hybridized carbons (Fsp3) is 0.125. The molecule has 1 atom stereocenters. The van der Waals surface area contributed by atoms with Gasteiger partial charge in [0.25, 0.3) is 5.91 Å². The molecule has 0 aromatic heterocycles. The van der Waals surface area contributed by atoms with E-state index in [1.807, 2.05) is 54.6 Å². The van der Waals surface area contributed by atoms with Crippen molar-refractivity contribution in [2.45, 2.75) is 6.04 Å². The summed E-state index contributed by atoms with van der Waals surface area (Å²) in [5, 5.41) is 2.77. The molecule has 4 nitrogen and oxygen atoms in total. The molecule has 1 saturated heterocycles. The van der Waals surface area contributed by atoms with Crippen LogP contribution in [0.15, 0.2) is 54.6 Å². The summed E-state index contributed by atoms with van der Waals surface area (Å²) in [5.74, 6) is -0.256. The first-order valence-electron chi connectivity index (χ1n) is 6.57. The summed E-state index contributed by atoms with van der Waals surface area (Å²) in [7, 11) is 0. The van der Waals surface area contributed by atoms with Gasteiger partial charge < -0.3 is 5.32 Å². The van der Waals surface area contributed by atoms with Crippen molar-refractivity contribution in [3.63, 3.8) is 0 Å². The molecule has 2 aromatic carbocycles. The molecule has 1 unspecified atom stereocenters. The summed E-state index contributed by atoms with van der Waals surface area (Å²) in [6.07, 6.45) is 0. The third kappa shape index (κ3) is 2.78. The molecule has 2 aromatic rings. The lowest BCUT2D eigenvalue weighted by atomic mass is 10.0. The van der Waals surface area contributed by atoms with Crippen LogP contribution in [0.1, 0.15) is 11.6 Å². The van der Waals surface area contributed by atoms with Crippen molar-refractivity contribution >= 4 is 40.1 Å². The van der Waals surface area contributed by atoms with Gasteiger partial charge in [0.05, 0.1) is 5.69 Å². The van der Waals surface area contributed by atoms with Crippen LogP contribution in [0.5, 0.6) is 0 Å². The second-order valence-electron chi connectivity index (χ2n) is 4.79. The Morgan fingerprint density at radius 2 is 1.67 bits per heavy atom. The predicted octanol–water partition coefficient (Wildman–Crippen LogP) is 2.50. The van der Waals surface area contributed by atoms with Crippen molar-refractivity contribution in [3.8, 4) is 0 Å². The molecule has 1 aliphatic heterocycles. The molecule has 5 heteroatoms. The van der Waals surface area contributed by atoms with E-state index in [1.165, 1.54) is 0 Å². The molecule has 0 saturated carbocycles. The Hall–Kier alpha value is -1.89. The van der Waals surface area contributed by atoms with E-state index >= 15 is 0 Å². The van der Waals surface area contributed by atoms with E-state index in [1.54, 1.807) is 4.90 Å². The first-order chi connectivity index (χ1) is 10.2. The minimum Gasteiger partial charge on any atom is -0.339 e. The number of para-hydroxylation sites is 1. The summed E-state index contributed by atoms with van der Waals surface area (Å²) < 4.78 is 0.949. The summed E-state index contributed by atoms with van der Waals surface area (Å²) in [5.41, 5.74) is 1.57. The second kappa shape index (κ2) is 5.85. The first-order valence-corrected chi connectivity index (χ1v) is 7.65. The number of nitrogens with one attached hydrogen (secondary N) is 1. The van der Waals surface area contributed by atoms with E-state index in [0.717, 1.165) is 14.8 Å². The van der Waals surface area contributed by atoms with Crippen LogP contribution in [-0.4, -0.2) is 18.4 Å². The van der Waals surface area contributed by atoms with Crippen LogP contribution in [0.2, 0.25) is 0 Å². The van der Waals surface area contributed by atoms with Gasteiger partial charge in [-0.25, -0.2) is 0 Å². The molecule has 1 fully saturated rings. The summed E-state index contributed by atoms with van der Waals surface area (Å²) >= 11 is 2.18. The molecule has 0 aliphatic carbocycles. The van der Waals surface area contributed by atoms with Crippen LogP contribution in [0, 0.1) is 3.57 Å². The number of piperazine rings is 1. The molecule has 0 radical (unpaired) electrons. The van der Waals surface area contributed by atoms with Crippen molar-refractivity contribution in [1.29, 1.82) is 0 Å². The molecule has 0 bridgehead atoms. The number of benzene rings is 2.